The lowest BCUT2D eigenvalue weighted by Crippen LogP contribution is -2.01. The van der Waals surface area contributed by atoms with Gasteiger partial charge in [-0.15, -0.1) is 0 Å². The summed E-state index contributed by atoms with van der Waals surface area (Å²) in [5, 5.41) is 0. The third-order valence-corrected chi connectivity index (χ3v) is 3.08. The topological polar surface area (TPSA) is 54.7 Å². The molecule has 2 rings (SSSR count). The standard InChI is InChI=1S/C10H13N3S/c11-3-4-14-6-8-1-2-9-10(5-8)13-7-12-9/h1-2,5,7H,3-4,6,11H2,(H,12,13). The number of aromatic nitrogens is 2. The van der Waals surface area contributed by atoms with Crippen molar-refractivity contribution in [1.82, 2.24) is 9.97 Å². The molecule has 0 unspecified atom stereocenters. The van der Waals surface area contributed by atoms with Crippen molar-refractivity contribution in [3.05, 3.63) is 30.1 Å². The molecule has 0 aliphatic rings. The summed E-state index contributed by atoms with van der Waals surface area (Å²) in [4.78, 5) is 7.29. The molecule has 0 radical (unpaired) electrons. The highest BCUT2D eigenvalue weighted by molar-refractivity contribution is 7.98. The molecule has 14 heavy (non-hydrogen) atoms. The monoisotopic (exact) mass is 207 g/mol. The maximum absolute atomic E-state index is 5.43. The van der Waals surface area contributed by atoms with Crippen LogP contribution in [0.25, 0.3) is 11.0 Å². The second-order valence-electron chi connectivity index (χ2n) is 3.10. The lowest BCUT2D eigenvalue weighted by molar-refractivity contribution is 1.15. The van der Waals surface area contributed by atoms with Crippen LogP contribution in [-0.4, -0.2) is 22.3 Å². The van der Waals surface area contributed by atoms with E-state index in [1.165, 1.54) is 5.56 Å². The van der Waals surface area contributed by atoms with Gasteiger partial charge in [0.1, 0.15) is 0 Å². The number of nitrogens with two attached hydrogens (primary N) is 1. The van der Waals surface area contributed by atoms with Gasteiger partial charge in [-0.25, -0.2) is 4.98 Å². The second kappa shape index (κ2) is 4.48. The fraction of sp³-hybridized carbons (Fsp3) is 0.300. The number of imidazole rings is 1. The Morgan fingerprint density at radius 1 is 1.43 bits per heavy atom. The van der Waals surface area contributed by atoms with Crippen molar-refractivity contribution in [3.63, 3.8) is 0 Å². The summed E-state index contributed by atoms with van der Waals surface area (Å²) in [6, 6.07) is 6.32. The molecule has 0 fully saturated rings. The molecule has 0 aliphatic carbocycles. The van der Waals surface area contributed by atoms with Gasteiger partial charge in [0.2, 0.25) is 0 Å². The molecule has 0 spiro atoms. The van der Waals surface area contributed by atoms with E-state index in [-0.39, 0.29) is 0 Å². The molecule has 1 aromatic carbocycles. The maximum atomic E-state index is 5.43. The van der Waals surface area contributed by atoms with Crippen LogP contribution in [0.4, 0.5) is 0 Å². The highest BCUT2D eigenvalue weighted by Gasteiger charge is 1.98. The number of nitrogens with one attached hydrogen (secondary N) is 1. The van der Waals surface area contributed by atoms with E-state index in [1.807, 2.05) is 11.8 Å². The Hall–Kier alpha value is -1.00. The van der Waals surface area contributed by atoms with E-state index in [0.29, 0.717) is 0 Å². The SMILES string of the molecule is NCCSCc1ccc2[nH]cnc2c1. The summed E-state index contributed by atoms with van der Waals surface area (Å²) in [5.41, 5.74) is 8.87. The fourth-order valence-electron chi connectivity index (χ4n) is 1.34. The lowest BCUT2D eigenvalue weighted by atomic mass is 10.2. The first-order chi connectivity index (χ1) is 6.90. The predicted molar refractivity (Wildman–Crippen MR) is 61.3 cm³/mol. The summed E-state index contributed by atoms with van der Waals surface area (Å²) in [6.07, 6.45) is 1.72. The molecule has 0 bridgehead atoms. The number of thioether (sulfide) groups is 1. The first-order valence-electron chi connectivity index (χ1n) is 4.60. The van der Waals surface area contributed by atoms with Crippen LogP contribution in [0, 0.1) is 0 Å². The average Bonchev–Trinajstić information content (AvgIpc) is 2.65. The van der Waals surface area contributed by atoms with Crippen molar-refractivity contribution in [3.8, 4) is 0 Å². The highest BCUT2D eigenvalue weighted by Crippen LogP contribution is 2.16. The Labute approximate surface area is 87.1 Å². The van der Waals surface area contributed by atoms with Crippen LogP contribution in [0.15, 0.2) is 24.5 Å². The minimum absolute atomic E-state index is 0.745. The molecule has 0 saturated heterocycles. The van der Waals surface area contributed by atoms with Gasteiger partial charge in [0.15, 0.2) is 0 Å². The third kappa shape index (κ3) is 2.08. The van der Waals surface area contributed by atoms with Crippen molar-refractivity contribution in [2.45, 2.75) is 5.75 Å². The number of hydrogen-bond acceptors (Lipinski definition) is 3. The van der Waals surface area contributed by atoms with E-state index in [4.69, 9.17) is 5.73 Å². The van der Waals surface area contributed by atoms with Crippen molar-refractivity contribution in [2.75, 3.05) is 12.3 Å². The Morgan fingerprint density at radius 2 is 2.36 bits per heavy atom. The van der Waals surface area contributed by atoms with Crippen LogP contribution >= 0.6 is 11.8 Å². The second-order valence-corrected chi connectivity index (χ2v) is 4.20. The quantitative estimate of drug-likeness (QED) is 0.751. The Kier molecular flexibility index (Phi) is 3.06. The molecule has 3 N–H and O–H groups in total. The molecule has 4 heteroatoms. The normalized spacial score (nSPS) is 10.9. The van der Waals surface area contributed by atoms with Gasteiger partial charge in [0, 0.05) is 18.1 Å². The van der Waals surface area contributed by atoms with Gasteiger partial charge in [-0.1, -0.05) is 6.07 Å². The molecule has 0 atom stereocenters. The van der Waals surface area contributed by atoms with Gasteiger partial charge in [-0.3, -0.25) is 0 Å². The molecular weight excluding hydrogens is 194 g/mol. The van der Waals surface area contributed by atoms with Crippen molar-refractivity contribution in [2.24, 2.45) is 5.73 Å². The van der Waals surface area contributed by atoms with Crippen molar-refractivity contribution >= 4 is 22.8 Å². The number of aromatic amines is 1. The number of rotatable bonds is 4. The Bertz CT molecular complexity index is 410. The summed E-state index contributed by atoms with van der Waals surface area (Å²) >= 11 is 1.85. The third-order valence-electron chi connectivity index (χ3n) is 2.02. The molecule has 0 amide bonds. The Morgan fingerprint density at radius 3 is 3.21 bits per heavy atom. The minimum atomic E-state index is 0.745. The summed E-state index contributed by atoms with van der Waals surface area (Å²) in [7, 11) is 0. The number of hydrogen-bond donors (Lipinski definition) is 2. The average molecular weight is 207 g/mol. The van der Waals surface area contributed by atoms with Gasteiger partial charge in [-0.05, 0) is 17.7 Å². The Balaban J connectivity index is 2.10. The van der Waals surface area contributed by atoms with Gasteiger partial charge in [-0.2, -0.15) is 11.8 Å². The van der Waals surface area contributed by atoms with E-state index in [9.17, 15) is 0 Å². The zero-order valence-corrected chi connectivity index (χ0v) is 8.68. The van der Waals surface area contributed by atoms with Crippen LogP contribution in [0.5, 0.6) is 0 Å². The van der Waals surface area contributed by atoms with Crippen molar-refractivity contribution < 1.29 is 0 Å². The summed E-state index contributed by atoms with van der Waals surface area (Å²) < 4.78 is 0. The van der Waals surface area contributed by atoms with Crippen molar-refractivity contribution in [1.29, 1.82) is 0 Å². The van der Waals surface area contributed by atoms with Crippen LogP contribution in [0.1, 0.15) is 5.56 Å². The number of H-pyrrole nitrogens is 1. The van der Waals surface area contributed by atoms with E-state index in [0.717, 1.165) is 29.1 Å². The number of fused-ring (bicyclic) bond motifs is 1. The van der Waals surface area contributed by atoms with Crippen LogP contribution in [-0.2, 0) is 5.75 Å². The summed E-state index contributed by atoms with van der Waals surface area (Å²) in [5.74, 6) is 2.03. The zero-order valence-electron chi connectivity index (χ0n) is 7.86. The van der Waals surface area contributed by atoms with Gasteiger partial charge in [0.25, 0.3) is 0 Å². The van der Waals surface area contributed by atoms with Gasteiger partial charge < -0.3 is 10.7 Å². The van der Waals surface area contributed by atoms with Gasteiger partial charge >= 0.3 is 0 Å². The molecule has 1 aromatic heterocycles. The molecule has 0 saturated carbocycles. The minimum Gasteiger partial charge on any atom is -0.345 e. The molecule has 3 nitrogen and oxygen atoms in total. The molecule has 0 aliphatic heterocycles. The predicted octanol–water partition coefficient (Wildman–Crippen LogP) is 1.75. The maximum Gasteiger partial charge on any atom is 0.0931 e. The van der Waals surface area contributed by atoms with E-state index >= 15 is 0 Å². The number of benzene rings is 1. The summed E-state index contributed by atoms with van der Waals surface area (Å²) in [6.45, 7) is 0.745. The first kappa shape index (κ1) is 9.55. The molecule has 74 valence electrons. The fourth-order valence-corrected chi connectivity index (χ4v) is 2.07. The van der Waals surface area contributed by atoms with Crippen LogP contribution in [0.3, 0.4) is 0 Å². The largest absolute Gasteiger partial charge is 0.345 e. The number of nitrogens with zero attached hydrogens (tertiary/aromatic N) is 1. The highest BCUT2D eigenvalue weighted by atomic mass is 32.2. The van der Waals surface area contributed by atoms with E-state index in [2.05, 4.69) is 28.2 Å². The van der Waals surface area contributed by atoms with E-state index < -0.39 is 0 Å². The lowest BCUT2D eigenvalue weighted by Gasteiger charge is -1.99. The van der Waals surface area contributed by atoms with E-state index in [1.54, 1.807) is 6.33 Å². The van der Waals surface area contributed by atoms with Crippen LogP contribution in [0.2, 0.25) is 0 Å². The zero-order chi connectivity index (χ0) is 9.80. The van der Waals surface area contributed by atoms with Crippen LogP contribution < -0.4 is 5.73 Å². The molecular formula is C10H13N3S. The first-order valence-corrected chi connectivity index (χ1v) is 5.75. The molecule has 1 heterocycles. The molecule has 2 aromatic rings. The smallest absolute Gasteiger partial charge is 0.0931 e. The van der Waals surface area contributed by atoms with Gasteiger partial charge in [0.05, 0.1) is 17.4 Å².